The van der Waals surface area contributed by atoms with Gasteiger partial charge in [-0.05, 0) is 31.6 Å². The van der Waals surface area contributed by atoms with Crippen molar-refractivity contribution in [2.45, 2.75) is 50.8 Å². The van der Waals surface area contributed by atoms with E-state index < -0.39 is 12.0 Å². The summed E-state index contributed by atoms with van der Waals surface area (Å²) < 4.78 is 5.71. The highest BCUT2D eigenvalue weighted by Gasteiger charge is 2.45. The Morgan fingerprint density at radius 1 is 1.15 bits per heavy atom. The van der Waals surface area contributed by atoms with E-state index in [1.807, 2.05) is 11.8 Å². The zero-order valence-corrected chi connectivity index (χ0v) is 11.8. The van der Waals surface area contributed by atoms with E-state index in [4.69, 9.17) is 4.74 Å². The smallest absolute Gasteiger partial charge is 0.326 e. The molecule has 3 fully saturated rings. The number of carboxylic acid groups (broad SMARTS) is 1. The van der Waals surface area contributed by atoms with E-state index in [1.54, 1.807) is 4.90 Å². The molecule has 1 aliphatic carbocycles. The van der Waals surface area contributed by atoms with Gasteiger partial charge in [0, 0.05) is 13.1 Å². The second kappa shape index (κ2) is 5.24. The molecule has 1 saturated carbocycles. The van der Waals surface area contributed by atoms with Gasteiger partial charge in [-0.1, -0.05) is 6.92 Å². The minimum atomic E-state index is -0.889. The van der Waals surface area contributed by atoms with Crippen molar-refractivity contribution in [3.05, 3.63) is 0 Å². The molecule has 1 N–H and O–H groups in total. The lowest BCUT2D eigenvalue weighted by molar-refractivity contribution is -0.142. The molecule has 0 radical (unpaired) electrons. The molecule has 0 aromatic carbocycles. The Hall–Kier alpha value is -1.30. The Bertz CT molecular complexity index is 414. The van der Waals surface area contributed by atoms with Crippen LogP contribution < -0.4 is 0 Å². The summed E-state index contributed by atoms with van der Waals surface area (Å²) in [5, 5.41) is 9.35. The molecule has 2 heterocycles. The number of aliphatic carboxylic acids is 1. The lowest BCUT2D eigenvalue weighted by atomic mass is 10.0. The molecule has 0 spiro atoms. The van der Waals surface area contributed by atoms with Crippen molar-refractivity contribution < 1.29 is 19.4 Å². The zero-order chi connectivity index (χ0) is 14.3. The first-order valence-corrected chi connectivity index (χ1v) is 7.51. The molecule has 3 aliphatic rings. The second-order valence-corrected chi connectivity index (χ2v) is 6.13. The Labute approximate surface area is 118 Å². The predicted molar refractivity (Wildman–Crippen MR) is 71.4 cm³/mol. The molecular weight excluding hydrogens is 260 g/mol. The van der Waals surface area contributed by atoms with Crippen molar-refractivity contribution >= 4 is 12.0 Å². The highest BCUT2D eigenvalue weighted by Crippen LogP contribution is 2.32. The van der Waals surface area contributed by atoms with Gasteiger partial charge in [0.1, 0.15) is 6.04 Å². The molecular formula is C14H22N2O4. The van der Waals surface area contributed by atoms with E-state index in [0.29, 0.717) is 19.7 Å². The molecule has 6 nitrogen and oxygen atoms in total. The van der Waals surface area contributed by atoms with Crippen molar-refractivity contribution in [3.63, 3.8) is 0 Å². The van der Waals surface area contributed by atoms with E-state index in [0.717, 1.165) is 25.7 Å². The summed E-state index contributed by atoms with van der Waals surface area (Å²) in [4.78, 5) is 27.5. The summed E-state index contributed by atoms with van der Waals surface area (Å²) in [5.41, 5.74) is 0. The minimum Gasteiger partial charge on any atom is -0.480 e. The first-order chi connectivity index (χ1) is 9.59. The molecule has 2 saturated heterocycles. The number of amides is 2. The number of nitrogens with zero attached hydrogens (tertiary/aromatic N) is 2. The number of carbonyl (C=O) groups excluding carboxylic acids is 1. The highest BCUT2D eigenvalue weighted by atomic mass is 16.5. The van der Waals surface area contributed by atoms with Gasteiger partial charge in [-0.25, -0.2) is 9.59 Å². The lowest BCUT2D eigenvalue weighted by Gasteiger charge is -2.40. The van der Waals surface area contributed by atoms with Crippen molar-refractivity contribution in [3.8, 4) is 0 Å². The maximum Gasteiger partial charge on any atom is 0.326 e. The van der Waals surface area contributed by atoms with Gasteiger partial charge in [0.15, 0.2) is 0 Å². The quantitative estimate of drug-likeness (QED) is 0.783. The van der Waals surface area contributed by atoms with Crippen LogP contribution in [0.15, 0.2) is 0 Å². The third-order valence-electron chi connectivity index (χ3n) is 4.93. The van der Waals surface area contributed by atoms with Gasteiger partial charge in [-0.3, -0.25) is 0 Å². The molecule has 4 atom stereocenters. The van der Waals surface area contributed by atoms with Crippen LogP contribution in [-0.2, 0) is 9.53 Å². The van der Waals surface area contributed by atoms with Crippen LogP contribution in [0.3, 0.4) is 0 Å². The molecule has 6 heteroatoms. The van der Waals surface area contributed by atoms with Crippen LogP contribution in [0.4, 0.5) is 4.79 Å². The summed E-state index contributed by atoms with van der Waals surface area (Å²) in [6.45, 7) is 3.60. The van der Waals surface area contributed by atoms with Crippen LogP contribution in [0.1, 0.15) is 32.6 Å². The maximum atomic E-state index is 12.7. The van der Waals surface area contributed by atoms with E-state index in [1.165, 1.54) is 0 Å². The van der Waals surface area contributed by atoms with E-state index in [9.17, 15) is 14.7 Å². The summed E-state index contributed by atoms with van der Waals surface area (Å²) in [7, 11) is 0. The molecule has 0 aromatic rings. The summed E-state index contributed by atoms with van der Waals surface area (Å²) in [6, 6.07) is -0.645. The summed E-state index contributed by atoms with van der Waals surface area (Å²) >= 11 is 0. The number of hydrogen-bond donors (Lipinski definition) is 1. The number of likely N-dealkylation sites (tertiary alicyclic amines) is 1. The average molecular weight is 282 g/mol. The van der Waals surface area contributed by atoms with Gasteiger partial charge in [0.2, 0.25) is 0 Å². The van der Waals surface area contributed by atoms with Crippen molar-refractivity contribution in [2.75, 3.05) is 19.7 Å². The number of hydrogen-bond acceptors (Lipinski definition) is 3. The fourth-order valence-electron chi connectivity index (χ4n) is 3.87. The number of carbonyl (C=O) groups is 2. The summed E-state index contributed by atoms with van der Waals surface area (Å²) in [5.74, 6) is -0.864. The minimum absolute atomic E-state index is 0.0249. The fourth-order valence-corrected chi connectivity index (χ4v) is 3.87. The largest absolute Gasteiger partial charge is 0.480 e. The molecule has 0 aromatic heterocycles. The van der Waals surface area contributed by atoms with Crippen molar-refractivity contribution in [1.82, 2.24) is 9.80 Å². The number of rotatable bonds is 1. The second-order valence-electron chi connectivity index (χ2n) is 6.13. The third-order valence-corrected chi connectivity index (χ3v) is 4.93. The van der Waals surface area contributed by atoms with Crippen molar-refractivity contribution in [1.29, 1.82) is 0 Å². The van der Waals surface area contributed by atoms with Crippen molar-refractivity contribution in [2.24, 2.45) is 5.92 Å². The van der Waals surface area contributed by atoms with Gasteiger partial charge in [0.25, 0.3) is 0 Å². The zero-order valence-electron chi connectivity index (χ0n) is 11.8. The van der Waals surface area contributed by atoms with Crippen LogP contribution in [-0.4, -0.2) is 64.8 Å². The molecule has 4 unspecified atom stereocenters. The van der Waals surface area contributed by atoms with Gasteiger partial charge in [-0.2, -0.15) is 0 Å². The van der Waals surface area contributed by atoms with Crippen LogP contribution in [0, 0.1) is 5.92 Å². The number of fused-ring (bicyclic) bond motifs is 1. The Morgan fingerprint density at radius 3 is 2.70 bits per heavy atom. The highest BCUT2D eigenvalue weighted by molar-refractivity contribution is 5.84. The number of ether oxygens (including phenoxy) is 1. The van der Waals surface area contributed by atoms with Gasteiger partial charge in [-0.15, -0.1) is 0 Å². The van der Waals surface area contributed by atoms with E-state index >= 15 is 0 Å². The fraction of sp³-hybridized carbons (Fsp3) is 0.857. The molecule has 112 valence electrons. The van der Waals surface area contributed by atoms with Gasteiger partial charge in [0.05, 0.1) is 18.8 Å². The van der Waals surface area contributed by atoms with Crippen LogP contribution in [0.2, 0.25) is 0 Å². The average Bonchev–Trinajstić information content (AvgIpc) is 3.03. The first kappa shape index (κ1) is 13.7. The Balaban J connectivity index is 1.76. The first-order valence-electron chi connectivity index (χ1n) is 7.51. The molecule has 2 aliphatic heterocycles. The normalized spacial score (nSPS) is 37.0. The number of morpholine rings is 1. The predicted octanol–water partition coefficient (Wildman–Crippen LogP) is 1.15. The van der Waals surface area contributed by atoms with Gasteiger partial charge < -0.3 is 19.6 Å². The molecule has 0 bridgehead atoms. The Morgan fingerprint density at radius 2 is 1.95 bits per heavy atom. The number of urea groups is 1. The van der Waals surface area contributed by atoms with Crippen LogP contribution >= 0.6 is 0 Å². The molecule has 2 amide bonds. The van der Waals surface area contributed by atoms with Crippen LogP contribution in [0.5, 0.6) is 0 Å². The lowest BCUT2D eigenvalue weighted by Crippen LogP contribution is -2.57. The third kappa shape index (κ3) is 2.16. The van der Waals surface area contributed by atoms with E-state index in [2.05, 4.69) is 0 Å². The number of carboxylic acids is 1. The molecule has 20 heavy (non-hydrogen) atoms. The van der Waals surface area contributed by atoms with E-state index in [-0.39, 0.29) is 24.1 Å². The maximum absolute atomic E-state index is 12.7. The van der Waals surface area contributed by atoms with Gasteiger partial charge >= 0.3 is 12.0 Å². The Kier molecular flexibility index (Phi) is 3.58. The monoisotopic (exact) mass is 282 g/mol. The summed E-state index contributed by atoms with van der Waals surface area (Å²) in [6.07, 6.45) is 3.97. The van der Waals surface area contributed by atoms with Crippen LogP contribution in [0.25, 0.3) is 0 Å². The SMILES string of the molecule is CC1CCN(C(=O)N2CCOC3CCCC32)C1C(=O)O. The topological polar surface area (TPSA) is 70.1 Å². The molecule has 3 rings (SSSR count). The standard InChI is InChI=1S/C14H22N2O4/c1-9-5-6-16(12(9)13(17)18)14(19)15-7-8-20-11-4-2-3-10(11)15/h9-12H,2-8H2,1H3,(H,17,18).